The maximum Gasteiger partial charge on any atom is 0.410 e. The second-order valence-corrected chi connectivity index (χ2v) is 5.78. The van der Waals surface area contributed by atoms with E-state index in [2.05, 4.69) is 25.2 Å². The molecule has 1 spiro atoms. The fourth-order valence-electron chi connectivity index (χ4n) is 3.26. The minimum Gasteiger partial charge on any atom is -0.445 e. The summed E-state index contributed by atoms with van der Waals surface area (Å²) < 4.78 is 5.49. The third-order valence-corrected chi connectivity index (χ3v) is 4.51. The van der Waals surface area contributed by atoms with Crippen molar-refractivity contribution >= 4 is 6.09 Å². The molecule has 0 unspecified atom stereocenters. The van der Waals surface area contributed by atoms with E-state index in [1.54, 1.807) is 0 Å². The number of nitrogens with zero attached hydrogens (tertiary/aromatic N) is 1. The van der Waals surface area contributed by atoms with Crippen LogP contribution in [-0.2, 0) is 4.74 Å². The average Bonchev–Trinajstić information content (AvgIpc) is 2.94. The largest absolute Gasteiger partial charge is 0.445 e. The molecule has 20 heavy (non-hydrogen) atoms. The van der Waals surface area contributed by atoms with Crippen LogP contribution in [0.15, 0.2) is 23.8 Å². The van der Waals surface area contributed by atoms with Gasteiger partial charge in [0, 0.05) is 13.1 Å². The molecule has 4 heteroatoms. The van der Waals surface area contributed by atoms with Gasteiger partial charge in [0.2, 0.25) is 0 Å². The van der Waals surface area contributed by atoms with Gasteiger partial charge in [0.1, 0.15) is 6.61 Å². The zero-order chi connectivity index (χ0) is 14.6. The molecule has 2 atom stereocenters. The predicted octanol–water partition coefficient (Wildman–Crippen LogP) is 2.72. The van der Waals surface area contributed by atoms with Crippen LogP contribution in [0.5, 0.6) is 0 Å². The van der Waals surface area contributed by atoms with Crippen LogP contribution in [0.4, 0.5) is 4.79 Å². The van der Waals surface area contributed by atoms with Gasteiger partial charge in [0.05, 0.1) is 5.54 Å². The van der Waals surface area contributed by atoms with Gasteiger partial charge in [-0.15, -0.1) is 0 Å². The van der Waals surface area contributed by atoms with E-state index in [-0.39, 0.29) is 11.6 Å². The topological polar surface area (TPSA) is 41.6 Å². The van der Waals surface area contributed by atoms with Crippen molar-refractivity contribution < 1.29 is 9.53 Å². The molecule has 2 aliphatic rings. The van der Waals surface area contributed by atoms with Crippen LogP contribution < -0.4 is 5.32 Å². The van der Waals surface area contributed by atoms with E-state index in [4.69, 9.17) is 4.74 Å². The summed E-state index contributed by atoms with van der Waals surface area (Å²) in [6.07, 6.45) is 7.89. The minimum absolute atomic E-state index is 0.00626. The molecule has 2 saturated heterocycles. The Bertz CT molecular complexity index is 409. The van der Waals surface area contributed by atoms with Crippen molar-refractivity contribution in [2.24, 2.45) is 5.92 Å². The van der Waals surface area contributed by atoms with Gasteiger partial charge in [-0.3, -0.25) is 0 Å². The van der Waals surface area contributed by atoms with Crippen molar-refractivity contribution in [3.8, 4) is 0 Å². The molecular weight excluding hydrogens is 252 g/mol. The molecule has 4 nitrogen and oxygen atoms in total. The Balaban J connectivity index is 1.91. The second kappa shape index (κ2) is 6.44. The summed E-state index contributed by atoms with van der Waals surface area (Å²) in [6, 6.07) is 0. The van der Waals surface area contributed by atoms with Crippen LogP contribution in [0.3, 0.4) is 0 Å². The summed E-state index contributed by atoms with van der Waals surface area (Å²) in [7, 11) is 0. The molecule has 0 aliphatic carbocycles. The molecule has 0 radical (unpaired) electrons. The zero-order valence-corrected chi connectivity index (χ0v) is 12.8. The molecule has 2 rings (SSSR count). The van der Waals surface area contributed by atoms with Gasteiger partial charge in [0.25, 0.3) is 0 Å². The van der Waals surface area contributed by atoms with Crippen molar-refractivity contribution in [2.75, 3.05) is 26.2 Å². The Morgan fingerprint density at radius 3 is 2.90 bits per heavy atom. The first-order valence-electron chi connectivity index (χ1n) is 7.61. The lowest BCUT2D eigenvalue weighted by molar-refractivity contribution is -0.0476. The molecule has 2 fully saturated rings. The lowest BCUT2D eigenvalue weighted by Crippen LogP contribution is -2.69. The SMILES string of the molecule is C/C=C\C(=C/CC)COC(=O)N1C[C@H](C)[C@@]12CCNC2. The van der Waals surface area contributed by atoms with Crippen molar-refractivity contribution in [1.29, 1.82) is 0 Å². The fourth-order valence-corrected chi connectivity index (χ4v) is 3.26. The maximum atomic E-state index is 12.3. The van der Waals surface area contributed by atoms with E-state index in [0.29, 0.717) is 12.5 Å². The standard InChI is InChI=1S/C16H26N2O2/c1-4-6-14(7-5-2)11-20-15(19)18-10-13(3)16(18)8-9-17-12-16/h4,6-7,13,17H,5,8-12H2,1-3H3/b6-4-,14-7+/t13-,16-/m0/s1. The number of carbonyl (C=O) groups is 1. The predicted molar refractivity (Wildman–Crippen MR) is 80.6 cm³/mol. The van der Waals surface area contributed by atoms with E-state index in [1.165, 1.54) is 0 Å². The molecule has 0 aromatic rings. The quantitative estimate of drug-likeness (QED) is 0.804. The molecule has 0 aromatic heterocycles. The third-order valence-electron chi connectivity index (χ3n) is 4.51. The zero-order valence-electron chi connectivity index (χ0n) is 12.8. The molecule has 1 amide bonds. The Morgan fingerprint density at radius 1 is 1.55 bits per heavy atom. The summed E-state index contributed by atoms with van der Waals surface area (Å²) >= 11 is 0. The number of nitrogens with one attached hydrogen (secondary N) is 1. The van der Waals surface area contributed by atoms with Gasteiger partial charge in [-0.25, -0.2) is 4.79 Å². The highest BCUT2D eigenvalue weighted by Gasteiger charge is 2.55. The number of hydrogen-bond acceptors (Lipinski definition) is 3. The minimum atomic E-state index is -0.168. The summed E-state index contributed by atoms with van der Waals surface area (Å²) in [5.74, 6) is 0.561. The third kappa shape index (κ3) is 2.75. The summed E-state index contributed by atoms with van der Waals surface area (Å²) in [4.78, 5) is 14.2. The van der Waals surface area contributed by atoms with E-state index in [0.717, 1.165) is 38.0 Å². The number of allylic oxidation sites excluding steroid dienone is 2. The fraction of sp³-hybridized carbons (Fsp3) is 0.688. The highest BCUT2D eigenvalue weighted by Crippen LogP contribution is 2.41. The summed E-state index contributed by atoms with van der Waals surface area (Å²) in [6.45, 7) is 9.36. The van der Waals surface area contributed by atoms with Crippen LogP contribution in [0.2, 0.25) is 0 Å². The molecule has 1 N–H and O–H groups in total. The van der Waals surface area contributed by atoms with Gasteiger partial charge in [-0.05, 0) is 37.8 Å². The lowest BCUT2D eigenvalue weighted by Gasteiger charge is -2.54. The second-order valence-electron chi connectivity index (χ2n) is 5.78. The number of hydrogen-bond donors (Lipinski definition) is 1. The Hall–Kier alpha value is -1.29. The lowest BCUT2D eigenvalue weighted by atomic mass is 9.74. The van der Waals surface area contributed by atoms with Crippen LogP contribution in [0.1, 0.15) is 33.6 Å². The highest BCUT2D eigenvalue weighted by molar-refractivity contribution is 5.70. The highest BCUT2D eigenvalue weighted by atomic mass is 16.6. The average molecular weight is 278 g/mol. The Kier molecular flexibility index (Phi) is 4.86. The molecule has 2 heterocycles. The van der Waals surface area contributed by atoms with Crippen molar-refractivity contribution in [2.45, 2.75) is 39.2 Å². The van der Waals surface area contributed by atoms with Gasteiger partial charge < -0.3 is 15.0 Å². The number of rotatable bonds is 4. The van der Waals surface area contributed by atoms with Gasteiger partial charge >= 0.3 is 6.09 Å². The van der Waals surface area contributed by atoms with Crippen molar-refractivity contribution in [3.05, 3.63) is 23.8 Å². The maximum absolute atomic E-state index is 12.3. The van der Waals surface area contributed by atoms with Crippen LogP contribution in [0, 0.1) is 5.92 Å². The van der Waals surface area contributed by atoms with Gasteiger partial charge in [-0.1, -0.05) is 32.1 Å². The van der Waals surface area contributed by atoms with E-state index in [9.17, 15) is 4.79 Å². The van der Waals surface area contributed by atoms with E-state index >= 15 is 0 Å². The Labute approximate surface area is 121 Å². The monoisotopic (exact) mass is 278 g/mol. The number of likely N-dealkylation sites (tertiary alicyclic amines) is 1. The summed E-state index contributed by atoms with van der Waals surface area (Å²) in [5, 5.41) is 3.36. The summed E-state index contributed by atoms with van der Waals surface area (Å²) in [5.41, 5.74) is 1.07. The number of amides is 1. The Morgan fingerprint density at radius 2 is 2.35 bits per heavy atom. The van der Waals surface area contributed by atoms with Gasteiger partial charge in [-0.2, -0.15) is 0 Å². The molecule has 2 aliphatic heterocycles. The van der Waals surface area contributed by atoms with E-state index < -0.39 is 0 Å². The van der Waals surface area contributed by atoms with Gasteiger partial charge in [0.15, 0.2) is 0 Å². The van der Waals surface area contributed by atoms with Crippen LogP contribution in [-0.4, -0.2) is 42.8 Å². The first-order valence-corrected chi connectivity index (χ1v) is 7.61. The molecule has 0 saturated carbocycles. The number of carbonyl (C=O) groups excluding carboxylic acids is 1. The van der Waals surface area contributed by atoms with E-state index in [1.807, 2.05) is 24.0 Å². The molecule has 0 aromatic carbocycles. The normalized spacial score (nSPS) is 30.1. The van der Waals surface area contributed by atoms with Crippen molar-refractivity contribution in [3.63, 3.8) is 0 Å². The smallest absolute Gasteiger partial charge is 0.410 e. The molecular formula is C16H26N2O2. The van der Waals surface area contributed by atoms with Crippen LogP contribution in [0.25, 0.3) is 0 Å². The molecule has 112 valence electrons. The first kappa shape index (κ1) is 15.1. The molecule has 0 bridgehead atoms. The number of ether oxygens (including phenoxy) is 1. The first-order chi connectivity index (χ1) is 9.64. The van der Waals surface area contributed by atoms with Crippen LogP contribution >= 0.6 is 0 Å². The van der Waals surface area contributed by atoms with Crippen molar-refractivity contribution in [1.82, 2.24) is 10.2 Å².